The van der Waals surface area contributed by atoms with E-state index in [1.807, 2.05) is 30.3 Å². The first-order valence-corrected chi connectivity index (χ1v) is 11.4. The molecule has 4 heterocycles. The van der Waals surface area contributed by atoms with Gasteiger partial charge in [0, 0.05) is 19.2 Å². The number of aromatic nitrogens is 2. The molecule has 0 aliphatic carbocycles. The Balaban J connectivity index is 1.34. The average Bonchev–Trinajstić information content (AvgIpc) is 3.26. The lowest BCUT2D eigenvalue weighted by molar-refractivity contribution is 0.0662. The number of piperidine rings is 1. The second-order valence-corrected chi connectivity index (χ2v) is 9.29. The lowest BCUT2D eigenvalue weighted by Gasteiger charge is -2.36. The summed E-state index contributed by atoms with van der Waals surface area (Å²) >= 11 is 1.36. The second kappa shape index (κ2) is 8.46. The van der Waals surface area contributed by atoms with Crippen molar-refractivity contribution in [2.75, 3.05) is 20.8 Å². The quantitative estimate of drug-likeness (QED) is 0.588. The van der Waals surface area contributed by atoms with E-state index in [4.69, 9.17) is 9.47 Å². The van der Waals surface area contributed by atoms with Crippen molar-refractivity contribution in [3.63, 3.8) is 0 Å². The third-order valence-electron chi connectivity index (χ3n) is 6.34. The van der Waals surface area contributed by atoms with Crippen molar-refractivity contribution in [2.24, 2.45) is 0 Å². The predicted molar refractivity (Wildman–Crippen MR) is 122 cm³/mol. The number of ether oxygens (including phenoxy) is 2. The molecule has 3 atom stereocenters. The van der Waals surface area contributed by atoms with E-state index in [1.165, 1.54) is 24.2 Å². The standard InChI is InChI=1S/C24H25N3O3S/c1-26-17-5-6-18(26)13-20(12-17)30-19-9-7-16(8-10-19)27-15-25-22-14-21(4-3-11-29-2)31-23(22)24(27)28/h7-10,14-15,17-18,20H,5-6,11-13H2,1-2H3/t17-,18+,20+. The minimum Gasteiger partial charge on any atom is -0.490 e. The largest absolute Gasteiger partial charge is 0.490 e. The van der Waals surface area contributed by atoms with Crippen LogP contribution in [0.2, 0.25) is 0 Å². The Morgan fingerprint density at radius 2 is 1.94 bits per heavy atom. The topological polar surface area (TPSA) is 56.6 Å². The van der Waals surface area contributed by atoms with Crippen LogP contribution in [0.1, 0.15) is 30.6 Å². The number of benzene rings is 1. The maximum absolute atomic E-state index is 13.0. The highest BCUT2D eigenvalue weighted by Gasteiger charge is 2.39. The van der Waals surface area contributed by atoms with Crippen LogP contribution < -0.4 is 10.3 Å². The van der Waals surface area contributed by atoms with Gasteiger partial charge in [0.2, 0.25) is 0 Å². The summed E-state index contributed by atoms with van der Waals surface area (Å²) in [7, 11) is 3.84. The van der Waals surface area contributed by atoms with Gasteiger partial charge in [0.15, 0.2) is 0 Å². The van der Waals surface area contributed by atoms with Gasteiger partial charge in [0.25, 0.3) is 5.56 Å². The summed E-state index contributed by atoms with van der Waals surface area (Å²) in [6, 6.07) is 10.9. The molecular formula is C24H25N3O3S. The zero-order valence-electron chi connectivity index (χ0n) is 17.7. The van der Waals surface area contributed by atoms with Gasteiger partial charge in [-0.25, -0.2) is 4.98 Å². The predicted octanol–water partition coefficient (Wildman–Crippen LogP) is 3.45. The lowest BCUT2D eigenvalue weighted by atomic mass is 10.0. The molecule has 2 fully saturated rings. The minimum atomic E-state index is -0.0876. The molecule has 2 saturated heterocycles. The smallest absolute Gasteiger partial charge is 0.275 e. The molecule has 0 saturated carbocycles. The lowest BCUT2D eigenvalue weighted by Crippen LogP contribution is -2.43. The maximum atomic E-state index is 13.0. The van der Waals surface area contributed by atoms with Crippen LogP contribution in [0, 0.1) is 11.8 Å². The monoisotopic (exact) mass is 435 g/mol. The molecule has 0 unspecified atom stereocenters. The molecule has 0 radical (unpaired) electrons. The first-order valence-electron chi connectivity index (χ1n) is 10.6. The molecule has 2 aliphatic rings. The van der Waals surface area contributed by atoms with E-state index in [-0.39, 0.29) is 11.7 Å². The normalized spacial score (nSPS) is 23.0. The van der Waals surface area contributed by atoms with Crippen molar-refractivity contribution < 1.29 is 9.47 Å². The summed E-state index contributed by atoms with van der Waals surface area (Å²) in [6.45, 7) is 0.360. The SMILES string of the molecule is COCC#Cc1cc2ncn(-c3ccc(O[C@H]4C[C@H]5CC[C@@H](C4)N5C)cc3)c(=O)c2s1. The molecule has 0 N–H and O–H groups in total. The molecule has 2 aromatic heterocycles. The molecule has 7 heteroatoms. The molecule has 6 nitrogen and oxygen atoms in total. The fourth-order valence-corrected chi connectivity index (χ4v) is 5.60. The number of nitrogens with zero attached hydrogens (tertiary/aromatic N) is 3. The van der Waals surface area contributed by atoms with Gasteiger partial charge in [-0.15, -0.1) is 11.3 Å². The molecule has 2 bridgehead atoms. The highest BCUT2D eigenvalue weighted by molar-refractivity contribution is 7.19. The fraction of sp³-hybridized carbons (Fsp3) is 0.417. The van der Waals surface area contributed by atoms with Crippen molar-refractivity contribution >= 4 is 21.6 Å². The fourth-order valence-electron chi connectivity index (χ4n) is 4.69. The summed E-state index contributed by atoms with van der Waals surface area (Å²) in [5, 5.41) is 0. The van der Waals surface area contributed by atoms with E-state index in [9.17, 15) is 4.79 Å². The minimum absolute atomic E-state index is 0.0876. The van der Waals surface area contributed by atoms with E-state index in [0.717, 1.165) is 29.2 Å². The number of rotatable bonds is 4. The van der Waals surface area contributed by atoms with Crippen LogP contribution in [0.25, 0.3) is 15.9 Å². The van der Waals surface area contributed by atoms with Crippen molar-refractivity contribution in [1.29, 1.82) is 0 Å². The highest BCUT2D eigenvalue weighted by Crippen LogP contribution is 2.36. The van der Waals surface area contributed by atoms with Crippen LogP contribution in [0.3, 0.4) is 0 Å². The summed E-state index contributed by atoms with van der Waals surface area (Å²) in [4.78, 5) is 20.8. The third kappa shape index (κ3) is 3.99. The van der Waals surface area contributed by atoms with Gasteiger partial charge in [-0.2, -0.15) is 0 Å². The Hall–Kier alpha value is -2.66. The van der Waals surface area contributed by atoms with Gasteiger partial charge in [-0.1, -0.05) is 11.8 Å². The summed E-state index contributed by atoms with van der Waals surface area (Å²) in [5.41, 5.74) is 1.36. The highest BCUT2D eigenvalue weighted by atomic mass is 32.1. The number of fused-ring (bicyclic) bond motifs is 3. The van der Waals surface area contributed by atoms with E-state index in [1.54, 1.807) is 18.0 Å². The molecule has 160 valence electrons. The molecule has 2 aliphatic heterocycles. The average molecular weight is 436 g/mol. The van der Waals surface area contributed by atoms with Crippen LogP contribution in [0.4, 0.5) is 0 Å². The third-order valence-corrected chi connectivity index (χ3v) is 7.37. The first-order chi connectivity index (χ1) is 15.1. The van der Waals surface area contributed by atoms with Crippen LogP contribution in [-0.2, 0) is 4.74 Å². The molecule has 31 heavy (non-hydrogen) atoms. The van der Waals surface area contributed by atoms with Gasteiger partial charge < -0.3 is 14.4 Å². The molecular weight excluding hydrogens is 410 g/mol. The Kier molecular flexibility index (Phi) is 5.53. The van der Waals surface area contributed by atoms with Gasteiger partial charge in [0.05, 0.1) is 16.1 Å². The van der Waals surface area contributed by atoms with Crippen molar-refractivity contribution in [3.8, 4) is 23.3 Å². The maximum Gasteiger partial charge on any atom is 0.275 e. The zero-order valence-corrected chi connectivity index (χ0v) is 18.5. The van der Waals surface area contributed by atoms with Crippen molar-refractivity contribution in [1.82, 2.24) is 14.5 Å². The van der Waals surface area contributed by atoms with Gasteiger partial charge in [0.1, 0.15) is 29.5 Å². The number of methoxy groups -OCH3 is 1. The van der Waals surface area contributed by atoms with Crippen LogP contribution in [0.5, 0.6) is 5.75 Å². The van der Waals surface area contributed by atoms with Gasteiger partial charge in [-0.05, 0) is 63.1 Å². The van der Waals surface area contributed by atoms with Crippen molar-refractivity contribution in [3.05, 3.63) is 51.9 Å². The van der Waals surface area contributed by atoms with Gasteiger partial charge >= 0.3 is 0 Å². The van der Waals surface area contributed by atoms with Crippen LogP contribution >= 0.6 is 11.3 Å². The Bertz CT molecular complexity index is 1190. The summed E-state index contributed by atoms with van der Waals surface area (Å²) in [5.74, 6) is 6.78. The molecule has 5 rings (SSSR count). The van der Waals surface area contributed by atoms with Gasteiger partial charge in [-0.3, -0.25) is 9.36 Å². The zero-order chi connectivity index (χ0) is 21.4. The van der Waals surface area contributed by atoms with Crippen molar-refractivity contribution in [2.45, 2.75) is 43.9 Å². The first kappa shape index (κ1) is 20.3. The summed E-state index contributed by atoms with van der Waals surface area (Å²) < 4.78 is 13.4. The Labute approximate surface area is 185 Å². The van der Waals surface area contributed by atoms with E-state index < -0.39 is 0 Å². The molecule has 1 aromatic carbocycles. The molecule has 3 aromatic rings. The number of hydrogen-bond donors (Lipinski definition) is 0. The van der Waals surface area contributed by atoms with E-state index in [0.29, 0.717) is 28.9 Å². The Morgan fingerprint density at radius 1 is 1.19 bits per heavy atom. The van der Waals surface area contributed by atoms with Crippen LogP contribution in [0.15, 0.2) is 41.5 Å². The number of hydrogen-bond acceptors (Lipinski definition) is 6. The van der Waals surface area contributed by atoms with E-state index >= 15 is 0 Å². The van der Waals surface area contributed by atoms with E-state index in [2.05, 4.69) is 28.8 Å². The number of thiophene rings is 1. The Morgan fingerprint density at radius 3 is 2.65 bits per heavy atom. The second-order valence-electron chi connectivity index (χ2n) is 8.24. The molecule has 0 amide bonds. The summed E-state index contributed by atoms with van der Waals surface area (Å²) in [6.07, 6.45) is 6.57. The molecule has 0 spiro atoms. The van der Waals surface area contributed by atoms with Crippen LogP contribution in [-0.4, -0.2) is 53.4 Å².